The van der Waals surface area contributed by atoms with E-state index in [1.165, 1.54) is 4.90 Å². The first-order valence-electron chi connectivity index (χ1n) is 8.05. The van der Waals surface area contributed by atoms with E-state index in [9.17, 15) is 22.8 Å². The van der Waals surface area contributed by atoms with Crippen molar-refractivity contribution in [3.63, 3.8) is 0 Å². The Morgan fingerprint density at radius 1 is 1.21 bits per heavy atom. The maximum atomic E-state index is 13.0. The van der Waals surface area contributed by atoms with E-state index in [1.807, 2.05) is 6.92 Å². The molecule has 1 amide bonds. The van der Waals surface area contributed by atoms with Gasteiger partial charge in [-0.1, -0.05) is 6.92 Å². The molecule has 0 radical (unpaired) electrons. The molecule has 1 unspecified atom stereocenters. The molecule has 0 aromatic heterocycles. The van der Waals surface area contributed by atoms with E-state index in [0.29, 0.717) is 6.54 Å². The first kappa shape index (κ1) is 21.0. The van der Waals surface area contributed by atoms with E-state index in [0.717, 1.165) is 25.7 Å². The summed E-state index contributed by atoms with van der Waals surface area (Å²) in [5.41, 5.74) is 0. The molecule has 1 N–H and O–H groups in total. The van der Waals surface area contributed by atoms with Gasteiger partial charge in [0.25, 0.3) is 0 Å². The number of aliphatic carboxylic acids is 1. The van der Waals surface area contributed by atoms with Gasteiger partial charge in [-0.3, -0.25) is 14.5 Å². The fraction of sp³-hybridized carbons (Fsp3) is 0.867. The molecule has 2 aliphatic heterocycles. The minimum absolute atomic E-state index is 0. The summed E-state index contributed by atoms with van der Waals surface area (Å²) in [6.45, 7) is 1.85. The van der Waals surface area contributed by atoms with Crippen molar-refractivity contribution in [3.8, 4) is 0 Å². The summed E-state index contributed by atoms with van der Waals surface area (Å²) in [4.78, 5) is 26.6. The van der Waals surface area contributed by atoms with Gasteiger partial charge in [-0.15, -0.1) is 12.4 Å². The number of carboxylic acid groups (broad SMARTS) is 1. The topological polar surface area (TPSA) is 60.9 Å². The Balaban J connectivity index is 0.00000288. The Morgan fingerprint density at radius 3 is 2.38 bits per heavy atom. The Morgan fingerprint density at radius 2 is 1.88 bits per heavy atom. The molecular weight excluding hydrogens is 349 g/mol. The highest BCUT2D eigenvalue weighted by Crippen LogP contribution is 2.37. The Hall–Kier alpha value is -1.02. The number of carbonyl (C=O) groups is 2. The molecule has 9 heteroatoms. The standard InChI is InChI=1S/C15H23F3N2O3.ClH/c1-2-10-5-3-4-6-20(10)13(21)9-19-7-11(14(22)23)12(8-19)15(16,17)18;/h10-12H,2-9H2,1H3,(H,22,23);1H/t10?,11-,12-;/m1./s1. The van der Waals surface area contributed by atoms with E-state index >= 15 is 0 Å². The van der Waals surface area contributed by atoms with Crippen LogP contribution in [0.15, 0.2) is 0 Å². The summed E-state index contributed by atoms with van der Waals surface area (Å²) in [6, 6.07) is 0.146. The third-order valence-electron chi connectivity index (χ3n) is 4.91. The quantitative estimate of drug-likeness (QED) is 0.823. The van der Waals surface area contributed by atoms with Crippen molar-refractivity contribution in [2.75, 3.05) is 26.2 Å². The van der Waals surface area contributed by atoms with Crippen molar-refractivity contribution in [1.82, 2.24) is 9.80 Å². The first-order chi connectivity index (χ1) is 10.7. The number of hydrogen-bond donors (Lipinski definition) is 1. The van der Waals surface area contributed by atoms with Crippen LogP contribution in [0.25, 0.3) is 0 Å². The lowest BCUT2D eigenvalue weighted by Gasteiger charge is -2.36. The monoisotopic (exact) mass is 372 g/mol. The van der Waals surface area contributed by atoms with Crippen molar-refractivity contribution < 1.29 is 27.9 Å². The molecule has 0 spiro atoms. The number of likely N-dealkylation sites (tertiary alicyclic amines) is 2. The zero-order valence-corrected chi connectivity index (χ0v) is 14.4. The first-order valence-corrected chi connectivity index (χ1v) is 8.05. The highest BCUT2D eigenvalue weighted by molar-refractivity contribution is 5.85. The smallest absolute Gasteiger partial charge is 0.393 e. The molecule has 2 rings (SSSR count). The van der Waals surface area contributed by atoms with Gasteiger partial charge in [-0.05, 0) is 25.7 Å². The van der Waals surface area contributed by atoms with Crippen LogP contribution in [0.2, 0.25) is 0 Å². The normalized spacial score (nSPS) is 28.5. The molecule has 2 saturated heterocycles. The van der Waals surface area contributed by atoms with Crippen LogP contribution in [0, 0.1) is 11.8 Å². The molecule has 0 aromatic carbocycles. The number of amides is 1. The molecule has 24 heavy (non-hydrogen) atoms. The fourth-order valence-corrected chi connectivity index (χ4v) is 3.63. The van der Waals surface area contributed by atoms with E-state index < -0.39 is 30.5 Å². The highest BCUT2D eigenvalue weighted by Gasteiger charge is 2.52. The summed E-state index contributed by atoms with van der Waals surface area (Å²) in [5.74, 6) is -5.04. The lowest BCUT2D eigenvalue weighted by Crippen LogP contribution is -2.47. The largest absolute Gasteiger partial charge is 0.481 e. The number of alkyl halides is 3. The maximum absolute atomic E-state index is 13.0. The number of nitrogens with zero attached hydrogens (tertiary/aromatic N) is 2. The van der Waals surface area contributed by atoms with Crippen molar-refractivity contribution in [1.29, 1.82) is 0 Å². The number of rotatable bonds is 4. The van der Waals surface area contributed by atoms with Crippen LogP contribution in [0.5, 0.6) is 0 Å². The van der Waals surface area contributed by atoms with E-state index in [2.05, 4.69) is 0 Å². The van der Waals surface area contributed by atoms with Crippen molar-refractivity contribution >= 4 is 24.3 Å². The Kier molecular flexibility index (Phi) is 7.34. The molecule has 0 aliphatic carbocycles. The molecule has 3 atom stereocenters. The van der Waals surface area contributed by atoms with Gasteiger partial charge >= 0.3 is 12.1 Å². The van der Waals surface area contributed by atoms with Crippen LogP contribution in [0.4, 0.5) is 13.2 Å². The Bertz CT molecular complexity index is 462. The minimum Gasteiger partial charge on any atom is -0.481 e. The molecule has 140 valence electrons. The van der Waals surface area contributed by atoms with Gasteiger partial charge in [0, 0.05) is 25.7 Å². The molecule has 2 aliphatic rings. The SMILES string of the molecule is CCC1CCCCN1C(=O)CN1C[C@@H](C(F)(F)F)[C@H](C(=O)O)C1.Cl. The van der Waals surface area contributed by atoms with Gasteiger partial charge in [0.15, 0.2) is 0 Å². The van der Waals surface area contributed by atoms with Gasteiger partial charge in [-0.25, -0.2) is 0 Å². The summed E-state index contributed by atoms with van der Waals surface area (Å²) < 4.78 is 38.9. The average molecular weight is 373 g/mol. The second-order valence-electron chi connectivity index (χ2n) is 6.43. The number of carbonyl (C=O) groups excluding carboxylic acids is 1. The predicted octanol–water partition coefficient (Wildman–Crippen LogP) is 2.39. The molecule has 0 bridgehead atoms. The Labute approximate surface area is 145 Å². The number of hydrogen-bond acceptors (Lipinski definition) is 3. The lowest BCUT2D eigenvalue weighted by molar-refractivity contribution is -0.188. The van der Waals surface area contributed by atoms with Crippen molar-refractivity contribution in [3.05, 3.63) is 0 Å². The van der Waals surface area contributed by atoms with E-state index in [1.54, 1.807) is 4.90 Å². The average Bonchev–Trinajstić information content (AvgIpc) is 2.91. The van der Waals surface area contributed by atoms with Crippen molar-refractivity contribution in [2.45, 2.75) is 44.8 Å². The fourth-order valence-electron chi connectivity index (χ4n) is 3.63. The summed E-state index contributed by atoms with van der Waals surface area (Å²) in [7, 11) is 0. The zero-order chi connectivity index (χ0) is 17.2. The number of halogens is 4. The summed E-state index contributed by atoms with van der Waals surface area (Å²) in [6.07, 6.45) is -0.841. The predicted molar refractivity (Wildman–Crippen MR) is 84.0 cm³/mol. The second kappa shape index (κ2) is 8.38. The molecule has 2 fully saturated rings. The summed E-state index contributed by atoms with van der Waals surface area (Å²) >= 11 is 0. The lowest BCUT2D eigenvalue weighted by atomic mass is 9.96. The minimum atomic E-state index is -4.56. The van der Waals surface area contributed by atoms with Gasteiger partial charge in [0.05, 0.1) is 18.4 Å². The van der Waals surface area contributed by atoms with Crippen LogP contribution in [0.1, 0.15) is 32.6 Å². The van der Waals surface area contributed by atoms with Gasteiger partial charge in [0.1, 0.15) is 0 Å². The van der Waals surface area contributed by atoms with Crippen LogP contribution in [-0.2, 0) is 9.59 Å². The molecule has 0 aromatic rings. The van der Waals surface area contributed by atoms with Gasteiger partial charge in [0.2, 0.25) is 5.91 Å². The highest BCUT2D eigenvalue weighted by atomic mass is 35.5. The second-order valence-corrected chi connectivity index (χ2v) is 6.43. The van der Waals surface area contributed by atoms with Crippen LogP contribution >= 0.6 is 12.4 Å². The maximum Gasteiger partial charge on any atom is 0.393 e. The van der Waals surface area contributed by atoms with Gasteiger partial charge < -0.3 is 10.0 Å². The van der Waals surface area contributed by atoms with E-state index in [4.69, 9.17) is 5.11 Å². The molecule has 5 nitrogen and oxygen atoms in total. The van der Waals surface area contributed by atoms with Crippen LogP contribution < -0.4 is 0 Å². The number of carboxylic acids is 1. The van der Waals surface area contributed by atoms with Crippen LogP contribution in [-0.4, -0.2) is 65.2 Å². The van der Waals surface area contributed by atoms with Gasteiger partial charge in [-0.2, -0.15) is 13.2 Å². The van der Waals surface area contributed by atoms with Crippen molar-refractivity contribution in [2.24, 2.45) is 11.8 Å². The molecule has 2 heterocycles. The van der Waals surface area contributed by atoms with E-state index in [-0.39, 0.29) is 37.4 Å². The molecular formula is C15H24ClF3N2O3. The zero-order valence-electron chi connectivity index (χ0n) is 13.6. The number of piperidine rings is 1. The third-order valence-corrected chi connectivity index (χ3v) is 4.91. The van der Waals surface area contributed by atoms with Crippen LogP contribution in [0.3, 0.4) is 0 Å². The summed E-state index contributed by atoms with van der Waals surface area (Å²) in [5, 5.41) is 9.01. The third kappa shape index (κ3) is 4.75. The molecule has 0 saturated carbocycles.